The van der Waals surface area contributed by atoms with Crippen molar-refractivity contribution in [3.05, 3.63) is 0 Å². The highest BCUT2D eigenvalue weighted by Crippen LogP contribution is 2.28. The summed E-state index contributed by atoms with van der Waals surface area (Å²) in [5, 5.41) is 2.72. The van der Waals surface area contributed by atoms with E-state index in [-0.39, 0.29) is 0 Å². The lowest BCUT2D eigenvalue weighted by atomic mass is 9.60. The van der Waals surface area contributed by atoms with Gasteiger partial charge in [-0.15, -0.1) is 43.7 Å². The Kier molecular flexibility index (Phi) is 12.8. The van der Waals surface area contributed by atoms with Gasteiger partial charge in [0.15, 0.2) is 17.5 Å². The Morgan fingerprint density at radius 2 is 0.549 bits per heavy atom. The summed E-state index contributed by atoms with van der Waals surface area (Å²) >= 11 is 0. The molecule has 0 saturated heterocycles. The lowest BCUT2D eigenvalue weighted by Gasteiger charge is -2.24. The van der Waals surface area contributed by atoms with Gasteiger partial charge in [0.2, 0.25) is 5.89 Å². The van der Waals surface area contributed by atoms with Crippen molar-refractivity contribution in [3.8, 4) is 51.3 Å². The lowest BCUT2D eigenvalue weighted by Crippen LogP contribution is -2.55. The summed E-state index contributed by atoms with van der Waals surface area (Å²) in [6.45, 7) is 0. The number of oxazole rings is 1. The van der Waals surface area contributed by atoms with Crippen LogP contribution in [0.1, 0.15) is 0 Å². The second kappa shape index (κ2) is 17.7. The molecule has 0 aliphatic carbocycles. The van der Waals surface area contributed by atoms with E-state index in [9.17, 15) is 0 Å². The smallest absolute Gasteiger partial charge is 0.226 e. The maximum atomic E-state index is 7.15. The largest absolute Gasteiger partial charge is 0.437 e. The minimum absolute atomic E-state index is 0.633. The van der Waals surface area contributed by atoms with E-state index in [4.69, 9.17) is 24.4 Å². The molecule has 6 aromatic carbocycles. The zero-order valence-electron chi connectivity index (χ0n) is 47.6. The monoisotopic (exact) mass is 892 g/mol. The summed E-state index contributed by atoms with van der Waals surface area (Å²) in [6, 6.07) is 0. The molecule has 3 heterocycles. The normalized spacial score (nSPS) is 11.7. The van der Waals surface area contributed by atoms with Gasteiger partial charge in [0.25, 0.3) is 0 Å². The van der Waals surface area contributed by atoms with Crippen molar-refractivity contribution in [1.82, 2.24) is 24.5 Å². The molecule has 0 atom stereocenters. The number of aromatic nitrogens is 5. The first-order valence-electron chi connectivity index (χ1n) is 25.6. The Hall–Kier alpha value is -4.78. The Morgan fingerprint density at radius 1 is 0.254 bits per heavy atom. The number of benzene rings is 6. The molecule has 0 saturated carbocycles. The summed E-state index contributed by atoms with van der Waals surface area (Å²) in [6.07, 6.45) is 0. The number of nitrogens with zero attached hydrogens (tertiary/aromatic N) is 5. The molecule has 0 N–H and O–H groups in total. The number of hydrogen-bond acceptors (Lipinski definition) is 5. The van der Waals surface area contributed by atoms with E-state index in [1.54, 1.807) is 0 Å². The van der Waals surface area contributed by atoms with Crippen LogP contribution in [0.15, 0.2) is 4.42 Å². The summed E-state index contributed by atoms with van der Waals surface area (Å²) in [7, 11) is 56.2. The van der Waals surface area contributed by atoms with Gasteiger partial charge in [0.1, 0.15) is 207 Å². The van der Waals surface area contributed by atoms with Gasteiger partial charge in [-0.25, -0.2) is 19.9 Å². The molecule has 316 valence electrons. The second-order valence-corrected chi connectivity index (χ2v) is 21.8. The van der Waals surface area contributed by atoms with E-state index in [1.807, 2.05) is 0 Å². The predicted molar refractivity (Wildman–Crippen MR) is 388 cm³/mol. The number of hydrogen-bond donors (Lipinski definition) is 0. The highest BCUT2D eigenvalue weighted by Gasteiger charge is 2.30. The predicted octanol–water partition coefficient (Wildman–Crippen LogP) is -33.8. The molecule has 3 aromatic heterocycles. The molecular formula is C40H50B25N5O. The number of rotatable bonds is 5. The Balaban J connectivity index is 1.36. The summed E-state index contributed by atoms with van der Waals surface area (Å²) in [5.41, 5.74) is 40.8. The van der Waals surface area contributed by atoms with Crippen LogP contribution in [0.3, 0.4) is 0 Å². The van der Waals surface area contributed by atoms with Gasteiger partial charge in [-0.3, -0.25) is 0 Å². The molecule has 9 aromatic rings. The standard InChI is InChI=1S/C40H50B25N5O/c41-7-1-2-8(42)18(52)27(61)29(63)34(2)70(33(1)28(62)26(60)17(7)51)35-16(50)6(14(48)23(57)30(35)64)40-66-32-15(49)5(13(47)31(65)36(32)71-40)39-68-37(3-9(43)19(53)24(58)20(54)10(3)44)67-38(69-39)4-11(45)21(55)25(59)22(56)12(4)46/h41-65H2. The fourth-order valence-corrected chi connectivity index (χ4v) is 12.5. The van der Waals surface area contributed by atoms with Crippen molar-refractivity contribution in [2.45, 2.75) is 0 Å². The highest BCUT2D eigenvalue weighted by atomic mass is 16.3. The van der Waals surface area contributed by atoms with Crippen LogP contribution in [0, 0.1) is 0 Å². The molecule has 6 nitrogen and oxygen atoms in total. The third-order valence-electron chi connectivity index (χ3n) is 19.0. The SMILES string of the molecule is Bc1c(B)c(B)c(-c2nc(-c3c(B)c(B)c(B)c(B)c3B)nc(-c3c(B)c(B)c4oc(-c5c(B)c(B)c(B)c(-n6c7c(B)c(B)c(B)c(B)c7c7c(B)c(B)c(B)c(B)c76)c5B)nc4c3B)n2)c(B)c1B. The molecule has 31 heteroatoms. The first-order valence-corrected chi connectivity index (χ1v) is 25.6. The summed E-state index contributed by atoms with van der Waals surface area (Å²) < 4.78 is 9.77. The van der Waals surface area contributed by atoms with E-state index in [0.29, 0.717) is 23.4 Å². The molecule has 0 amide bonds. The molecule has 0 radical (unpaired) electrons. The quantitative estimate of drug-likeness (QED) is 0.161. The molecule has 9 rings (SSSR count). The molecule has 0 aliphatic heterocycles. The van der Waals surface area contributed by atoms with E-state index in [1.165, 1.54) is 142 Å². The first kappa shape index (κ1) is 51.1. The van der Waals surface area contributed by atoms with Gasteiger partial charge >= 0.3 is 0 Å². The molecule has 0 unspecified atom stereocenters. The highest BCUT2D eigenvalue weighted by molar-refractivity contribution is 6.74. The van der Waals surface area contributed by atoms with Crippen LogP contribution in [-0.2, 0) is 0 Å². The van der Waals surface area contributed by atoms with Gasteiger partial charge < -0.3 is 8.98 Å². The van der Waals surface area contributed by atoms with Gasteiger partial charge in [-0.1, -0.05) is 87.4 Å². The summed E-state index contributed by atoms with van der Waals surface area (Å²) in [5.74, 6) is 2.68. The van der Waals surface area contributed by atoms with E-state index >= 15 is 0 Å². The molecule has 71 heavy (non-hydrogen) atoms. The average Bonchev–Trinajstić information content (AvgIpc) is 3.94. The average molecular weight is 887 g/mol. The maximum absolute atomic E-state index is 7.15. The fraction of sp³-hybridized carbons (Fsp3) is 0. The van der Waals surface area contributed by atoms with Crippen molar-refractivity contribution in [2.24, 2.45) is 0 Å². The Bertz CT molecular complexity index is 3740. The lowest BCUT2D eigenvalue weighted by molar-refractivity contribution is 0.623. The number of fused-ring (bicyclic) bond motifs is 4. The van der Waals surface area contributed by atoms with Crippen molar-refractivity contribution >= 4 is 366 Å². The zero-order valence-corrected chi connectivity index (χ0v) is 47.6. The van der Waals surface area contributed by atoms with Crippen LogP contribution in [0.4, 0.5) is 0 Å². The van der Waals surface area contributed by atoms with Gasteiger partial charge in [0.05, 0.1) is 0 Å². The van der Waals surface area contributed by atoms with Crippen LogP contribution in [0.25, 0.3) is 84.2 Å². The first-order chi connectivity index (χ1) is 33.2. The molecular weight excluding hydrogens is 837 g/mol. The van der Waals surface area contributed by atoms with Crippen LogP contribution in [0.5, 0.6) is 0 Å². The second-order valence-electron chi connectivity index (χ2n) is 21.8. The van der Waals surface area contributed by atoms with Crippen molar-refractivity contribution in [1.29, 1.82) is 0 Å². The van der Waals surface area contributed by atoms with Crippen LogP contribution in [0.2, 0.25) is 0 Å². The zero-order chi connectivity index (χ0) is 52.2. The topological polar surface area (TPSA) is 69.6 Å². The van der Waals surface area contributed by atoms with Crippen molar-refractivity contribution in [2.75, 3.05) is 0 Å². The van der Waals surface area contributed by atoms with Crippen LogP contribution < -0.4 is 137 Å². The summed E-state index contributed by atoms with van der Waals surface area (Å²) in [4.78, 5) is 22.0. The minimum Gasteiger partial charge on any atom is -0.437 e. The molecule has 0 aliphatic rings. The van der Waals surface area contributed by atoms with Gasteiger partial charge in [-0.05, 0) is 16.2 Å². The third kappa shape index (κ3) is 7.13. The van der Waals surface area contributed by atoms with Gasteiger partial charge in [-0.2, -0.15) is 0 Å². The van der Waals surface area contributed by atoms with Crippen molar-refractivity contribution in [3.63, 3.8) is 0 Å². The van der Waals surface area contributed by atoms with E-state index in [0.717, 1.165) is 55.2 Å². The van der Waals surface area contributed by atoms with E-state index in [2.05, 4.69) is 201 Å². The molecule has 0 bridgehead atoms. The maximum Gasteiger partial charge on any atom is 0.226 e. The Morgan fingerprint density at radius 3 is 0.944 bits per heavy atom. The van der Waals surface area contributed by atoms with Crippen LogP contribution >= 0.6 is 0 Å². The fourth-order valence-electron chi connectivity index (χ4n) is 12.5. The minimum atomic E-state index is 0.633. The molecule has 0 spiro atoms. The third-order valence-corrected chi connectivity index (χ3v) is 19.0. The molecule has 0 fully saturated rings. The van der Waals surface area contributed by atoms with Gasteiger partial charge in [0, 0.05) is 39.0 Å². The van der Waals surface area contributed by atoms with Crippen LogP contribution in [-0.4, -0.2) is 221 Å². The van der Waals surface area contributed by atoms with Crippen molar-refractivity contribution < 1.29 is 4.42 Å². The Labute approximate surface area is 443 Å². The van der Waals surface area contributed by atoms with E-state index < -0.39 is 0 Å².